The third-order valence-corrected chi connectivity index (χ3v) is 3.23. The molecule has 1 aromatic carbocycles. The Morgan fingerprint density at radius 2 is 1.73 bits per heavy atom. The smallest absolute Gasteiger partial charge is 0.416 e. The van der Waals surface area contributed by atoms with Crippen molar-refractivity contribution in [2.24, 2.45) is 11.5 Å². The zero-order valence-electron chi connectivity index (χ0n) is 13.3. The quantitative estimate of drug-likeness (QED) is 0.622. The van der Waals surface area contributed by atoms with Crippen molar-refractivity contribution in [1.82, 2.24) is 10.3 Å². The first kappa shape index (κ1) is 18.8. The molecule has 0 saturated carbocycles. The number of nitrogens with zero attached hydrogens (tertiary/aromatic N) is 1. The van der Waals surface area contributed by atoms with Crippen LogP contribution in [0.3, 0.4) is 0 Å². The lowest BCUT2D eigenvalue weighted by atomic mass is 10.1. The fraction of sp³-hybridized carbons (Fsp3) is 0.0588. The van der Waals surface area contributed by atoms with Crippen molar-refractivity contribution in [3.05, 3.63) is 77.4 Å². The van der Waals surface area contributed by atoms with E-state index in [2.05, 4.69) is 10.3 Å². The van der Waals surface area contributed by atoms with Gasteiger partial charge in [-0.2, -0.15) is 13.2 Å². The first-order chi connectivity index (χ1) is 12.2. The molecule has 0 aliphatic heterocycles. The van der Waals surface area contributed by atoms with Crippen LogP contribution in [0.1, 0.15) is 21.6 Å². The average molecular weight is 364 g/mol. The third-order valence-electron chi connectivity index (χ3n) is 3.23. The van der Waals surface area contributed by atoms with Crippen LogP contribution in [0.2, 0.25) is 0 Å². The summed E-state index contributed by atoms with van der Waals surface area (Å²) in [4.78, 5) is 15.6. The Kier molecular flexibility index (Phi) is 5.51. The molecule has 1 aromatic heterocycles. The summed E-state index contributed by atoms with van der Waals surface area (Å²) >= 11 is 0. The molecule has 1 amide bonds. The van der Waals surface area contributed by atoms with E-state index in [1.807, 2.05) is 0 Å². The molecule has 6 nitrogen and oxygen atoms in total. The van der Waals surface area contributed by atoms with Crippen molar-refractivity contribution in [2.45, 2.75) is 6.18 Å². The van der Waals surface area contributed by atoms with Crippen LogP contribution in [0.5, 0.6) is 5.75 Å². The Morgan fingerprint density at radius 1 is 1.08 bits per heavy atom. The molecule has 1 heterocycles. The van der Waals surface area contributed by atoms with E-state index in [0.29, 0.717) is 5.56 Å². The molecule has 0 saturated heterocycles. The Bertz CT molecular complexity index is 842. The first-order valence-electron chi connectivity index (χ1n) is 7.24. The topological polar surface area (TPSA) is 114 Å². The number of amides is 1. The van der Waals surface area contributed by atoms with Crippen LogP contribution in [0.25, 0.3) is 5.70 Å². The predicted molar refractivity (Wildman–Crippen MR) is 89.2 cm³/mol. The molecular formula is C17H15F3N4O2. The van der Waals surface area contributed by atoms with Crippen molar-refractivity contribution in [3.63, 3.8) is 0 Å². The van der Waals surface area contributed by atoms with Crippen LogP contribution in [0.15, 0.2) is 60.6 Å². The summed E-state index contributed by atoms with van der Waals surface area (Å²) in [6, 6.07) is 6.91. The number of aromatic nitrogens is 1. The molecule has 26 heavy (non-hydrogen) atoms. The number of carbonyl (C=O) groups is 1. The number of hydrogen-bond donors (Lipinski definition) is 4. The second-order valence-corrected chi connectivity index (χ2v) is 5.17. The molecule has 136 valence electrons. The van der Waals surface area contributed by atoms with Crippen molar-refractivity contribution in [1.29, 1.82) is 0 Å². The van der Waals surface area contributed by atoms with Crippen LogP contribution in [-0.2, 0) is 6.18 Å². The number of halogens is 3. The molecule has 0 aliphatic rings. The number of carbonyl (C=O) groups excluding carboxylic acids is 1. The SMILES string of the molecule is N/C(=C\C=C(/N)NC(=O)c1ccc(O)cn1)c1ccc(C(F)(F)F)cc1. The predicted octanol–water partition coefficient (Wildman–Crippen LogP) is 2.34. The third kappa shape index (κ3) is 5.00. The summed E-state index contributed by atoms with van der Waals surface area (Å²) in [5.41, 5.74) is 11.2. The molecule has 0 bridgehead atoms. The van der Waals surface area contributed by atoms with Gasteiger partial charge in [-0.15, -0.1) is 0 Å². The van der Waals surface area contributed by atoms with Gasteiger partial charge in [0.2, 0.25) is 0 Å². The molecule has 0 atom stereocenters. The van der Waals surface area contributed by atoms with Gasteiger partial charge in [0.05, 0.1) is 11.8 Å². The average Bonchev–Trinajstić information content (AvgIpc) is 2.59. The summed E-state index contributed by atoms with van der Waals surface area (Å²) in [6.07, 6.45) is -0.668. The summed E-state index contributed by atoms with van der Waals surface area (Å²) < 4.78 is 37.6. The van der Waals surface area contributed by atoms with Crippen LogP contribution < -0.4 is 16.8 Å². The van der Waals surface area contributed by atoms with Gasteiger partial charge >= 0.3 is 6.18 Å². The lowest BCUT2D eigenvalue weighted by Gasteiger charge is -2.08. The van der Waals surface area contributed by atoms with Crippen molar-refractivity contribution in [2.75, 3.05) is 0 Å². The number of allylic oxidation sites excluding steroid dienone is 2. The molecule has 9 heteroatoms. The lowest BCUT2D eigenvalue weighted by molar-refractivity contribution is -0.137. The van der Waals surface area contributed by atoms with E-state index < -0.39 is 17.6 Å². The molecule has 2 rings (SSSR count). The normalized spacial score (nSPS) is 12.7. The van der Waals surface area contributed by atoms with Gasteiger partial charge in [0.1, 0.15) is 17.3 Å². The van der Waals surface area contributed by atoms with Gasteiger partial charge in [-0.1, -0.05) is 12.1 Å². The summed E-state index contributed by atoms with van der Waals surface area (Å²) in [6.45, 7) is 0. The van der Waals surface area contributed by atoms with E-state index in [0.717, 1.165) is 18.3 Å². The Morgan fingerprint density at radius 3 is 2.27 bits per heavy atom. The minimum absolute atomic E-state index is 0.0406. The molecular weight excluding hydrogens is 349 g/mol. The number of nitrogens with two attached hydrogens (primary N) is 2. The number of benzene rings is 1. The number of pyridine rings is 1. The van der Waals surface area contributed by atoms with E-state index in [1.54, 1.807) is 0 Å². The van der Waals surface area contributed by atoms with Gasteiger partial charge in [-0.25, -0.2) is 4.98 Å². The minimum Gasteiger partial charge on any atom is -0.506 e. The number of hydrogen-bond acceptors (Lipinski definition) is 5. The highest BCUT2D eigenvalue weighted by Crippen LogP contribution is 2.29. The number of aromatic hydroxyl groups is 1. The van der Waals surface area contributed by atoms with Crippen molar-refractivity contribution in [3.8, 4) is 5.75 Å². The van der Waals surface area contributed by atoms with Gasteiger partial charge in [-0.05, 0) is 42.0 Å². The zero-order chi connectivity index (χ0) is 19.3. The van der Waals surface area contributed by atoms with Gasteiger partial charge < -0.3 is 21.9 Å². The van der Waals surface area contributed by atoms with Crippen LogP contribution in [0, 0.1) is 0 Å². The van der Waals surface area contributed by atoms with Crippen LogP contribution in [0.4, 0.5) is 13.2 Å². The maximum Gasteiger partial charge on any atom is 0.416 e. The van der Waals surface area contributed by atoms with E-state index in [-0.39, 0.29) is 23.0 Å². The number of nitrogens with one attached hydrogen (secondary N) is 1. The van der Waals surface area contributed by atoms with Crippen molar-refractivity contribution >= 4 is 11.6 Å². The molecule has 0 fully saturated rings. The molecule has 6 N–H and O–H groups in total. The fourth-order valence-electron chi connectivity index (χ4n) is 1.88. The maximum absolute atomic E-state index is 12.5. The minimum atomic E-state index is -4.42. The fourth-order valence-corrected chi connectivity index (χ4v) is 1.88. The Balaban J connectivity index is 2.06. The van der Waals surface area contributed by atoms with Gasteiger partial charge in [-0.3, -0.25) is 4.79 Å². The highest BCUT2D eigenvalue weighted by Gasteiger charge is 2.29. The monoisotopic (exact) mass is 364 g/mol. The summed E-state index contributed by atoms with van der Waals surface area (Å²) in [7, 11) is 0. The zero-order valence-corrected chi connectivity index (χ0v) is 13.3. The highest BCUT2D eigenvalue weighted by molar-refractivity contribution is 5.93. The van der Waals surface area contributed by atoms with E-state index in [9.17, 15) is 18.0 Å². The lowest BCUT2D eigenvalue weighted by Crippen LogP contribution is -2.27. The molecule has 0 spiro atoms. The van der Waals surface area contributed by atoms with E-state index in [4.69, 9.17) is 16.6 Å². The number of rotatable bonds is 4. The van der Waals surface area contributed by atoms with Gasteiger partial charge in [0.25, 0.3) is 5.91 Å². The molecule has 2 aromatic rings. The van der Waals surface area contributed by atoms with E-state index >= 15 is 0 Å². The summed E-state index contributed by atoms with van der Waals surface area (Å²) in [5, 5.41) is 11.5. The molecule has 0 aliphatic carbocycles. The van der Waals surface area contributed by atoms with Gasteiger partial charge in [0.15, 0.2) is 0 Å². The van der Waals surface area contributed by atoms with Crippen LogP contribution in [-0.4, -0.2) is 16.0 Å². The second-order valence-electron chi connectivity index (χ2n) is 5.17. The van der Waals surface area contributed by atoms with Crippen molar-refractivity contribution < 1.29 is 23.1 Å². The van der Waals surface area contributed by atoms with E-state index in [1.165, 1.54) is 36.4 Å². The standard InChI is InChI=1S/C17H15F3N4O2/c18-17(19,20)11-3-1-10(2-4-11)13(21)6-8-15(22)24-16(26)14-7-5-12(25)9-23-14/h1-9,25H,21-22H2,(H,24,26)/b13-6-,15-8+. The Hall–Kier alpha value is -3.49. The maximum atomic E-state index is 12.5. The molecule has 0 unspecified atom stereocenters. The van der Waals surface area contributed by atoms with Gasteiger partial charge in [0, 0.05) is 5.70 Å². The first-order valence-corrected chi connectivity index (χ1v) is 7.24. The second kappa shape index (κ2) is 7.60. The van der Waals surface area contributed by atoms with Crippen LogP contribution >= 0.6 is 0 Å². The highest BCUT2D eigenvalue weighted by atomic mass is 19.4. The molecule has 0 radical (unpaired) electrons. The number of alkyl halides is 3. The largest absolute Gasteiger partial charge is 0.506 e. The Labute approximate surface area is 146 Å². The summed E-state index contributed by atoms with van der Waals surface area (Å²) in [5.74, 6) is -0.725.